The summed E-state index contributed by atoms with van der Waals surface area (Å²) in [5.41, 5.74) is 9.66. The average molecular weight is 264 g/mol. The summed E-state index contributed by atoms with van der Waals surface area (Å²) in [6, 6.07) is 3.64. The Balaban J connectivity index is 2.74. The third-order valence-electron chi connectivity index (χ3n) is 2.78. The van der Waals surface area contributed by atoms with Gasteiger partial charge in [-0.05, 0) is 31.5 Å². The number of ether oxygens (including phenoxy) is 1. The Labute approximate surface area is 111 Å². The van der Waals surface area contributed by atoms with Crippen LogP contribution in [0.15, 0.2) is 18.5 Å². The molecule has 1 heterocycles. The van der Waals surface area contributed by atoms with Crippen LogP contribution < -0.4 is 10.5 Å². The van der Waals surface area contributed by atoms with Crippen LogP contribution >= 0.6 is 11.6 Å². The van der Waals surface area contributed by atoms with Crippen LogP contribution in [0, 0.1) is 13.8 Å². The first-order valence-corrected chi connectivity index (χ1v) is 5.84. The summed E-state index contributed by atoms with van der Waals surface area (Å²) in [5, 5.41) is 0.624. The van der Waals surface area contributed by atoms with Crippen molar-refractivity contribution < 1.29 is 4.74 Å². The molecule has 0 fully saturated rings. The fourth-order valence-electron chi connectivity index (χ4n) is 1.88. The van der Waals surface area contributed by atoms with E-state index in [-0.39, 0.29) is 0 Å². The van der Waals surface area contributed by atoms with Crippen molar-refractivity contribution in [3.05, 3.63) is 34.7 Å². The van der Waals surface area contributed by atoms with Crippen LogP contribution in [0.4, 0.5) is 5.69 Å². The van der Waals surface area contributed by atoms with E-state index in [1.807, 2.05) is 19.9 Å². The summed E-state index contributed by atoms with van der Waals surface area (Å²) < 4.78 is 5.41. The van der Waals surface area contributed by atoms with Crippen molar-refractivity contribution in [3.63, 3.8) is 0 Å². The highest BCUT2D eigenvalue weighted by Crippen LogP contribution is 2.37. The Morgan fingerprint density at radius 3 is 2.61 bits per heavy atom. The zero-order chi connectivity index (χ0) is 13.3. The molecule has 0 aliphatic rings. The predicted octanol–water partition coefficient (Wildman–Crippen LogP) is 3.00. The van der Waals surface area contributed by atoms with Gasteiger partial charge in [-0.1, -0.05) is 11.6 Å². The number of hydrogen-bond donors (Lipinski definition) is 1. The van der Waals surface area contributed by atoms with Crippen molar-refractivity contribution in [3.8, 4) is 17.0 Å². The molecule has 94 valence electrons. The van der Waals surface area contributed by atoms with E-state index < -0.39 is 0 Å². The Morgan fingerprint density at radius 2 is 1.94 bits per heavy atom. The number of nitrogen functional groups attached to an aromatic ring is 1. The second kappa shape index (κ2) is 4.82. The van der Waals surface area contributed by atoms with Crippen molar-refractivity contribution in [2.24, 2.45) is 0 Å². The van der Waals surface area contributed by atoms with Gasteiger partial charge in [0.15, 0.2) is 0 Å². The van der Waals surface area contributed by atoms with Crippen molar-refractivity contribution in [2.45, 2.75) is 13.8 Å². The highest BCUT2D eigenvalue weighted by atomic mass is 35.5. The van der Waals surface area contributed by atoms with Gasteiger partial charge in [-0.2, -0.15) is 0 Å². The van der Waals surface area contributed by atoms with Gasteiger partial charge in [0.25, 0.3) is 0 Å². The molecule has 0 atom stereocenters. The van der Waals surface area contributed by atoms with Gasteiger partial charge >= 0.3 is 0 Å². The standard InChI is InChI=1S/C13H14ClN3O/c1-7-4-9(14)5-10(13(7)18-3)12-11(15)8(2)16-6-17-12/h4-6H,15H2,1-3H3. The maximum atomic E-state index is 6.08. The van der Waals surface area contributed by atoms with Gasteiger partial charge in [-0.15, -0.1) is 0 Å². The lowest BCUT2D eigenvalue weighted by molar-refractivity contribution is 0.413. The summed E-state index contributed by atoms with van der Waals surface area (Å²) in [7, 11) is 1.62. The van der Waals surface area contributed by atoms with E-state index in [0.717, 1.165) is 22.6 Å². The van der Waals surface area contributed by atoms with Crippen LogP contribution in [0.5, 0.6) is 5.75 Å². The highest BCUT2D eigenvalue weighted by Gasteiger charge is 2.15. The number of halogens is 1. The molecule has 1 aromatic heterocycles. The molecule has 0 aliphatic carbocycles. The Morgan fingerprint density at radius 1 is 1.22 bits per heavy atom. The fraction of sp³-hybridized carbons (Fsp3) is 0.231. The van der Waals surface area contributed by atoms with Gasteiger partial charge in [0, 0.05) is 10.6 Å². The molecule has 0 saturated heterocycles. The minimum Gasteiger partial charge on any atom is -0.496 e. The molecule has 0 aliphatic heterocycles. The van der Waals surface area contributed by atoms with Gasteiger partial charge in [0.2, 0.25) is 0 Å². The van der Waals surface area contributed by atoms with Crippen LogP contribution in [-0.2, 0) is 0 Å². The molecule has 2 aromatic rings. The average Bonchev–Trinajstić information content (AvgIpc) is 2.32. The summed E-state index contributed by atoms with van der Waals surface area (Å²) in [6.07, 6.45) is 1.48. The van der Waals surface area contributed by atoms with E-state index in [0.29, 0.717) is 16.4 Å². The molecule has 0 radical (unpaired) electrons. The topological polar surface area (TPSA) is 61.0 Å². The number of benzene rings is 1. The van der Waals surface area contributed by atoms with Gasteiger partial charge in [-0.3, -0.25) is 0 Å². The van der Waals surface area contributed by atoms with Gasteiger partial charge < -0.3 is 10.5 Å². The van der Waals surface area contributed by atoms with Gasteiger partial charge in [0.1, 0.15) is 17.8 Å². The second-order valence-electron chi connectivity index (χ2n) is 4.02. The lowest BCUT2D eigenvalue weighted by Gasteiger charge is -2.13. The fourth-order valence-corrected chi connectivity index (χ4v) is 2.15. The molecule has 0 saturated carbocycles. The number of rotatable bonds is 2. The molecule has 2 N–H and O–H groups in total. The highest BCUT2D eigenvalue weighted by molar-refractivity contribution is 6.31. The number of aryl methyl sites for hydroxylation is 2. The summed E-state index contributed by atoms with van der Waals surface area (Å²) in [6.45, 7) is 3.77. The van der Waals surface area contributed by atoms with Crippen molar-refractivity contribution >= 4 is 17.3 Å². The van der Waals surface area contributed by atoms with Crippen LogP contribution in [0.3, 0.4) is 0 Å². The normalized spacial score (nSPS) is 10.4. The molecule has 0 spiro atoms. The van der Waals surface area contributed by atoms with Crippen molar-refractivity contribution in [1.82, 2.24) is 9.97 Å². The third-order valence-corrected chi connectivity index (χ3v) is 3.00. The molecule has 0 unspecified atom stereocenters. The number of methoxy groups -OCH3 is 1. The maximum Gasteiger partial charge on any atom is 0.131 e. The zero-order valence-corrected chi connectivity index (χ0v) is 11.2. The first-order chi connectivity index (χ1) is 8.54. The van der Waals surface area contributed by atoms with E-state index in [1.165, 1.54) is 6.33 Å². The Hall–Kier alpha value is -1.81. The molecule has 0 bridgehead atoms. The second-order valence-corrected chi connectivity index (χ2v) is 4.46. The number of hydrogen-bond acceptors (Lipinski definition) is 4. The minimum absolute atomic E-state index is 0.539. The maximum absolute atomic E-state index is 6.08. The van der Waals surface area contributed by atoms with Crippen LogP contribution in [0.1, 0.15) is 11.3 Å². The molecule has 5 heteroatoms. The summed E-state index contributed by atoms with van der Waals surface area (Å²) in [5.74, 6) is 0.726. The lowest BCUT2D eigenvalue weighted by atomic mass is 10.0. The van der Waals surface area contributed by atoms with Crippen LogP contribution in [0.25, 0.3) is 11.3 Å². The van der Waals surface area contributed by atoms with E-state index in [9.17, 15) is 0 Å². The van der Waals surface area contributed by atoms with Crippen molar-refractivity contribution in [1.29, 1.82) is 0 Å². The number of nitrogens with two attached hydrogens (primary N) is 1. The molecule has 2 rings (SSSR count). The summed E-state index contributed by atoms with van der Waals surface area (Å²) >= 11 is 6.08. The molecular formula is C13H14ClN3O. The number of nitrogens with zero attached hydrogens (tertiary/aromatic N) is 2. The largest absolute Gasteiger partial charge is 0.496 e. The first kappa shape index (κ1) is 12.6. The van der Waals surface area contributed by atoms with E-state index in [2.05, 4.69) is 9.97 Å². The molecular weight excluding hydrogens is 250 g/mol. The van der Waals surface area contributed by atoms with Gasteiger partial charge in [0.05, 0.1) is 18.5 Å². The lowest BCUT2D eigenvalue weighted by Crippen LogP contribution is -2.01. The minimum atomic E-state index is 0.539. The summed E-state index contributed by atoms with van der Waals surface area (Å²) in [4.78, 5) is 8.28. The molecule has 0 amide bonds. The molecule has 18 heavy (non-hydrogen) atoms. The van der Waals surface area contributed by atoms with E-state index >= 15 is 0 Å². The third kappa shape index (κ3) is 2.11. The Bertz CT molecular complexity index is 599. The Kier molecular flexibility index (Phi) is 3.39. The van der Waals surface area contributed by atoms with Gasteiger partial charge in [-0.25, -0.2) is 9.97 Å². The molecule has 4 nitrogen and oxygen atoms in total. The molecule has 1 aromatic carbocycles. The van der Waals surface area contributed by atoms with Crippen LogP contribution in [-0.4, -0.2) is 17.1 Å². The number of anilines is 1. The number of aromatic nitrogens is 2. The van der Waals surface area contributed by atoms with Crippen LogP contribution in [0.2, 0.25) is 5.02 Å². The van der Waals surface area contributed by atoms with E-state index in [1.54, 1.807) is 13.2 Å². The SMILES string of the molecule is COc1c(C)cc(Cl)cc1-c1ncnc(C)c1N. The smallest absolute Gasteiger partial charge is 0.131 e. The predicted molar refractivity (Wildman–Crippen MR) is 72.9 cm³/mol. The quantitative estimate of drug-likeness (QED) is 0.905. The van der Waals surface area contributed by atoms with Crippen molar-refractivity contribution in [2.75, 3.05) is 12.8 Å². The monoisotopic (exact) mass is 263 g/mol. The zero-order valence-electron chi connectivity index (χ0n) is 10.5. The van der Waals surface area contributed by atoms with E-state index in [4.69, 9.17) is 22.1 Å². The first-order valence-electron chi connectivity index (χ1n) is 5.46.